The first-order valence-electron chi connectivity index (χ1n) is 6.78. The largest absolute Gasteiger partial charge is 0.416 e. The van der Waals surface area contributed by atoms with Crippen LogP contribution in [-0.4, -0.2) is 0 Å². The van der Waals surface area contributed by atoms with Crippen molar-refractivity contribution in [1.82, 2.24) is 4.72 Å². The predicted octanol–water partition coefficient (Wildman–Crippen LogP) is 4.71. The van der Waals surface area contributed by atoms with Gasteiger partial charge >= 0.3 is 6.18 Å². The van der Waals surface area contributed by atoms with Gasteiger partial charge in [0, 0.05) is 5.02 Å². The van der Waals surface area contributed by atoms with Gasteiger partial charge in [0.15, 0.2) is 0 Å². The summed E-state index contributed by atoms with van der Waals surface area (Å²) in [5.74, 6) is 0. The van der Waals surface area contributed by atoms with Crippen molar-refractivity contribution in [3.05, 3.63) is 70.2 Å². The molecule has 23 heavy (non-hydrogen) atoms. The van der Waals surface area contributed by atoms with E-state index in [4.69, 9.17) is 17.3 Å². The van der Waals surface area contributed by atoms with Gasteiger partial charge in [-0.2, -0.15) is 13.2 Å². The summed E-state index contributed by atoms with van der Waals surface area (Å²) in [7, 11) is 0. The lowest BCUT2D eigenvalue weighted by Gasteiger charge is -2.35. The van der Waals surface area contributed by atoms with Crippen LogP contribution in [0.1, 0.15) is 29.7 Å². The second kappa shape index (κ2) is 6.73. The van der Waals surface area contributed by atoms with E-state index in [0.29, 0.717) is 10.6 Å². The van der Waals surface area contributed by atoms with Crippen LogP contribution in [-0.2, 0) is 11.7 Å². The van der Waals surface area contributed by atoms with Crippen molar-refractivity contribution in [2.75, 3.05) is 0 Å². The van der Waals surface area contributed by atoms with E-state index in [0.717, 1.165) is 17.7 Å². The summed E-state index contributed by atoms with van der Waals surface area (Å²) in [5, 5.41) is 0.582. The number of halogens is 4. The molecule has 0 amide bonds. The van der Waals surface area contributed by atoms with Gasteiger partial charge in [0.2, 0.25) is 0 Å². The zero-order valence-corrected chi connectivity index (χ0v) is 13.9. The molecule has 0 aliphatic carbocycles. The molecule has 124 valence electrons. The molecule has 2 unspecified atom stereocenters. The molecule has 0 aromatic heterocycles. The fourth-order valence-corrected chi connectivity index (χ4v) is 2.72. The first-order chi connectivity index (χ1) is 10.7. The van der Waals surface area contributed by atoms with Gasteiger partial charge in [-0.15, -0.1) is 0 Å². The first kappa shape index (κ1) is 18.1. The third-order valence-corrected chi connectivity index (χ3v) is 4.61. The molecule has 0 fully saturated rings. The average molecular weight is 361 g/mol. The Balaban J connectivity index is 2.35. The zero-order valence-electron chi connectivity index (χ0n) is 12.2. The van der Waals surface area contributed by atoms with E-state index in [1.165, 1.54) is 12.1 Å². The summed E-state index contributed by atoms with van der Waals surface area (Å²) in [6.45, 7) is 1.82. The van der Waals surface area contributed by atoms with Gasteiger partial charge in [0.05, 0.1) is 17.1 Å². The monoisotopic (exact) mass is 360 g/mol. The quantitative estimate of drug-likeness (QED) is 0.691. The third-order valence-electron chi connectivity index (χ3n) is 3.90. The highest BCUT2D eigenvalue weighted by Gasteiger charge is 2.35. The maximum absolute atomic E-state index is 12.7. The topological polar surface area (TPSA) is 38.0 Å². The van der Waals surface area contributed by atoms with Gasteiger partial charge in [-0.05, 0) is 42.3 Å². The standard InChI is InChI=1S/C16H16ClF3N2S/c1-15(22-23,11-6-8-13(17)9-7-11)14(21)10-2-4-12(5-3-10)16(18,19)20/h2-9,14,22-23H,21H2,1H3. The van der Waals surface area contributed by atoms with Crippen LogP contribution in [0.25, 0.3) is 0 Å². The van der Waals surface area contributed by atoms with Crippen LogP contribution < -0.4 is 10.5 Å². The van der Waals surface area contributed by atoms with Gasteiger partial charge < -0.3 is 5.73 Å². The molecule has 0 bridgehead atoms. The van der Waals surface area contributed by atoms with Crippen LogP contribution >= 0.6 is 24.4 Å². The summed E-state index contributed by atoms with van der Waals surface area (Å²) < 4.78 is 40.8. The van der Waals surface area contributed by atoms with Gasteiger partial charge in [0.1, 0.15) is 0 Å². The van der Waals surface area contributed by atoms with Crippen molar-refractivity contribution in [3.8, 4) is 0 Å². The summed E-state index contributed by atoms with van der Waals surface area (Å²) in [6.07, 6.45) is -4.37. The van der Waals surface area contributed by atoms with Crippen LogP contribution in [0.15, 0.2) is 48.5 Å². The Morgan fingerprint density at radius 3 is 1.91 bits per heavy atom. The van der Waals surface area contributed by atoms with E-state index >= 15 is 0 Å². The van der Waals surface area contributed by atoms with E-state index < -0.39 is 23.3 Å². The van der Waals surface area contributed by atoms with Crippen molar-refractivity contribution < 1.29 is 13.2 Å². The maximum Gasteiger partial charge on any atom is 0.416 e. The van der Waals surface area contributed by atoms with E-state index in [2.05, 4.69) is 17.5 Å². The molecule has 2 atom stereocenters. The summed E-state index contributed by atoms with van der Waals surface area (Å²) in [5.41, 5.74) is 6.19. The molecule has 0 aliphatic rings. The van der Waals surface area contributed by atoms with Crippen molar-refractivity contribution in [2.24, 2.45) is 5.73 Å². The van der Waals surface area contributed by atoms with Gasteiger partial charge in [-0.25, -0.2) is 0 Å². The lowest BCUT2D eigenvalue weighted by Crippen LogP contribution is -2.44. The van der Waals surface area contributed by atoms with Crippen LogP contribution in [0.2, 0.25) is 5.02 Å². The van der Waals surface area contributed by atoms with E-state index in [-0.39, 0.29) is 0 Å². The maximum atomic E-state index is 12.7. The first-order valence-corrected chi connectivity index (χ1v) is 7.61. The van der Waals surface area contributed by atoms with Crippen molar-refractivity contribution >= 4 is 24.4 Å². The van der Waals surface area contributed by atoms with Crippen molar-refractivity contribution in [1.29, 1.82) is 0 Å². The van der Waals surface area contributed by atoms with Gasteiger partial charge in [-0.3, -0.25) is 4.72 Å². The Hall–Kier alpha value is -1.21. The number of alkyl halides is 3. The minimum Gasteiger partial charge on any atom is -0.322 e. The third kappa shape index (κ3) is 3.83. The molecule has 2 aromatic rings. The minimum absolute atomic E-state index is 0.567. The van der Waals surface area contributed by atoms with Crippen LogP contribution in [0.4, 0.5) is 13.2 Å². The number of hydrogen-bond acceptors (Lipinski definition) is 3. The van der Waals surface area contributed by atoms with Crippen molar-refractivity contribution in [2.45, 2.75) is 24.7 Å². The molecule has 2 rings (SSSR count). The SMILES string of the molecule is CC(NS)(c1ccc(Cl)cc1)C(N)c1ccc(C(F)(F)F)cc1. The number of thiol groups is 1. The molecule has 2 nitrogen and oxygen atoms in total. The van der Waals surface area contributed by atoms with Gasteiger partial charge in [0.25, 0.3) is 0 Å². The summed E-state index contributed by atoms with van der Waals surface area (Å²) in [4.78, 5) is 0. The zero-order chi connectivity index (χ0) is 17.3. The summed E-state index contributed by atoms with van der Waals surface area (Å²) in [6, 6.07) is 11.2. The molecule has 0 spiro atoms. The van der Waals surface area contributed by atoms with Crippen LogP contribution in [0.5, 0.6) is 0 Å². The molecular weight excluding hydrogens is 345 g/mol. The van der Waals surface area contributed by atoms with E-state index in [1.807, 2.05) is 6.92 Å². The van der Waals surface area contributed by atoms with Gasteiger partial charge in [-0.1, -0.05) is 48.7 Å². The lowest BCUT2D eigenvalue weighted by atomic mass is 9.82. The highest BCUT2D eigenvalue weighted by atomic mass is 35.5. The second-order valence-electron chi connectivity index (χ2n) is 5.42. The molecular formula is C16H16ClF3N2S. The Morgan fingerprint density at radius 2 is 1.48 bits per heavy atom. The number of nitrogens with one attached hydrogen (secondary N) is 1. The molecule has 0 radical (unpaired) electrons. The number of benzene rings is 2. The molecule has 0 aliphatic heterocycles. The Morgan fingerprint density at radius 1 is 1.00 bits per heavy atom. The highest BCUT2D eigenvalue weighted by molar-refractivity contribution is 7.78. The average Bonchev–Trinajstić information content (AvgIpc) is 2.53. The van der Waals surface area contributed by atoms with E-state index in [9.17, 15) is 13.2 Å². The highest BCUT2D eigenvalue weighted by Crippen LogP contribution is 2.36. The number of nitrogens with two attached hydrogens (primary N) is 1. The molecule has 0 heterocycles. The molecule has 2 aromatic carbocycles. The molecule has 3 N–H and O–H groups in total. The van der Waals surface area contributed by atoms with Crippen molar-refractivity contribution in [3.63, 3.8) is 0 Å². The second-order valence-corrected chi connectivity index (χ2v) is 6.08. The Bertz CT molecular complexity index is 659. The fourth-order valence-electron chi connectivity index (χ4n) is 2.32. The minimum atomic E-state index is -4.37. The number of hydrogen-bond donors (Lipinski definition) is 3. The Labute approximate surface area is 143 Å². The lowest BCUT2D eigenvalue weighted by molar-refractivity contribution is -0.137. The van der Waals surface area contributed by atoms with Crippen LogP contribution in [0.3, 0.4) is 0 Å². The molecule has 0 saturated heterocycles. The van der Waals surface area contributed by atoms with Crippen LogP contribution in [0, 0.1) is 0 Å². The predicted molar refractivity (Wildman–Crippen MR) is 89.3 cm³/mol. The normalized spacial score (nSPS) is 16.0. The Kier molecular flexibility index (Phi) is 5.30. The summed E-state index contributed by atoms with van der Waals surface area (Å²) >= 11 is 10.0. The fraction of sp³-hybridized carbons (Fsp3) is 0.250. The van der Waals surface area contributed by atoms with E-state index in [1.54, 1.807) is 24.3 Å². The molecule has 0 saturated carbocycles. The molecule has 7 heteroatoms. The number of rotatable bonds is 4. The smallest absolute Gasteiger partial charge is 0.322 e.